The third-order valence-corrected chi connectivity index (χ3v) is 5.66. The first-order valence-corrected chi connectivity index (χ1v) is 10.9. The molecule has 0 radical (unpaired) electrons. The van der Waals surface area contributed by atoms with E-state index in [-0.39, 0.29) is 18.1 Å². The summed E-state index contributed by atoms with van der Waals surface area (Å²) in [6.45, 7) is 7.69. The lowest BCUT2D eigenvalue weighted by Crippen LogP contribution is -2.20. The Morgan fingerprint density at radius 1 is 0.853 bits per heavy atom. The van der Waals surface area contributed by atoms with E-state index < -0.39 is 5.91 Å². The number of nitriles is 1. The molecule has 3 aromatic rings. The summed E-state index contributed by atoms with van der Waals surface area (Å²) in [5, 5.41) is 15.1. The summed E-state index contributed by atoms with van der Waals surface area (Å²) in [5.74, 6) is -0.223. The molecule has 0 saturated carbocycles. The van der Waals surface area contributed by atoms with Gasteiger partial charge in [-0.3, -0.25) is 9.59 Å². The lowest BCUT2D eigenvalue weighted by Gasteiger charge is -2.11. The van der Waals surface area contributed by atoms with Gasteiger partial charge in [-0.25, -0.2) is 0 Å². The fourth-order valence-electron chi connectivity index (χ4n) is 3.27. The van der Waals surface area contributed by atoms with Crippen molar-refractivity contribution in [2.24, 2.45) is 0 Å². The van der Waals surface area contributed by atoms with Gasteiger partial charge in [0.25, 0.3) is 11.8 Å². The Morgan fingerprint density at radius 2 is 1.41 bits per heavy atom. The van der Waals surface area contributed by atoms with Gasteiger partial charge in [0.1, 0.15) is 17.4 Å². The minimum absolute atomic E-state index is 0.0116. The summed E-state index contributed by atoms with van der Waals surface area (Å²) in [6.07, 6.45) is 1.51. The maximum absolute atomic E-state index is 12.6. The number of benzene rings is 3. The van der Waals surface area contributed by atoms with Crippen LogP contribution in [0.25, 0.3) is 6.08 Å². The van der Waals surface area contributed by atoms with Gasteiger partial charge in [0.15, 0.2) is 6.61 Å². The molecule has 34 heavy (non-hydrogen) atoms. The summed E-state index contributed by atoms with van der Waals surface area (Å²) in [4.78, 5) is 24.8. The second-order valence-electron chi connectivity index (χ2n) is 8.02. The van der Waals surface area contributed by atoms with Gasteiger partial charge in [-0.2, -0.15) is 5.26 Å². The number of ether oxygens (including phenoxy) is 1. The number of hydrogen-bond donors (Lipinski definition) is 2. The van der Waals surface area contributed by atoms with E-state index in [0.717, 1.165) is 27.9 Å². The average Bonchev–Trinajstić information content (AvgIpc) is 2.82. The molecule has 0 aliphatic heterocycles. The molecule has 6 nitrogen and oxygen atoms in total. The van der Waals surface area contributed by atoms with Crippen molar-refractivity contribution in [1.29, 1.82) is 5.26 Å². The van der Waals surface area contributed by atoms with E-state index in [4.69, 9.17) is 4.74 Å². The number of nitrogens with zero attached hydrogens (tertiary/aromatic N) is 1. The largest absolute Gasteiger partial charge is 0.484 e. The molecule has 0 saturated heterocycles. The third kappa shape index (κ3) is 6.11. The molecule has 0 unspecified atom stereocenters. The van der Waals surface area contributed by atoms with Crippen molar-refractivity contribution in [2.75, 3.05) is 17.2 Å². The highest BCUT2D eigenvalue weighted by atomic mass is 16.5. The van der Waals surface area contributed by atoms with Crippen LogP contribution in [0.4, 0.5) is 11.4 Å². The van der Waals surface area contributed by atoms with Crippen LogP contribution in [0.2, 0.25) is 0 Å². The highest BCUT2D eigenvalue weighted by Gasteiger charge is 2.12. The van der Waals surface area contributed by atoms with Crippen molar-refractivity contribution in [2.45, 2.75) is 27.7 Å². The fraction of sp³-hybridized carbons (Fsp3) is 0.179. The van der Waals surface area contributed by atoms with Gasteiger partial charge in [-0.15, -0.1) is 0 Å². The fourth-order valence-corrected chi connectivity index (χ4v) is 3.27. The van der Waals surface area contributed by atoms with Crippen molar-refractivity contribution < 1.29 is 14.3 Å². The monoisotopic (exact) mass is 453 g/mol. The number of anilines is 2. The van der Waals surface area contributed by atoms with Gasteiger partial charge in [-0.05, 0) is 85.9 Å². The molecule has 0 aromatic heterocycles. The summed E-state index contributed by atoms with van der Waals surface area (Å²) in [6, 6.07) is 20.1. The molecule has 0 bridgehead atoms. The van der Waals surface area contributed by atoms with Crippen LogP contribution < -0.4 is 15.4 Å². The molecule has 3 rings (SSSR count). The zero-order chi connectivity index (χ0) is 24.7. The Labute approximate surface area is 199 Å². The lowest BCUT2D eigenvalue weighted by molar-refractivity contribution is -0.118. The maximum Gasteiger partial charge on any atom is 0.266 e. The Morgan fingerprint density at radius 3 is 1.97 bits per heavy atom. The number of amides is 2. The first-order valence-electron chi connectivity index (χ1n) is 10.9. The lowest BCUT2D eigenvalue weighted by atomic mass is 10.1. The number of nitrogens with one attached hydrogen (secondary N) is 2. The van der Waals surface area contributed by atoms with Crippen LogP contribution in [0, 0.1) is 39.0 Å². The SMILES string of the molecule is Cc1cccc(NC(=O)COc2ccc(/C=C(/C#N)C(=O)Nc3cccc(C)c3C)cc2)c1C. The van der Waals surface area contributed by atoms with E-state index in [2.05, 4.69) is 10.6 Å². The summed E-state index contributed by atoms with van der Waals surface area (Å²) in [5.41, 5.74) is 6.21. The van der Waals surface area contributed by atoms with Crippen LogP contribution in [-0.2, 0) is 9.59 Å². The normalized spacial score (nSPS) is 10.9. The average molecular weight is 454 g/mol. The summed E-state index contributed by atoms with van der Waals surface area (Å²) in [7, 11) is 0. The quantitative estimate of drug-likeness (QED) is 0.366. The standard InChI is InChI=1S/C28H27N3O3/c1-18-7-5-9-25(20(18)3)30-27(32)17-34-24-13-11-22(12-14-24)15-23(16-29)28(33)31-26-10-6-8-19(2)21(26)4/h5-15H,17H2,1-4H3,(H,30,32)(H,31,33)/b23-15-. The summed E-state index contributed by atoms with van der Waals surface area (Å²) < 4.78 is 5.57. The van der Waals surface area contributed by atoms with Crippen molar-refractivity contribution in [3.8, 4) is 11.8 Å². The molecular formula is C28H27N3O3. The van der Waals surface area contributed by atoms with Gasteiger partial charge >= 0.3 is 0 Å². The predicted molar refractivity (Wildman–Crippen MR) is 135 cm³/mol. The van der Waals surface area contributed by atoms with E-state index in [1.807, 2.05) is 64.1 Å². The van der Waals surface area contributed by atoms with E-state index in [1.54, 1.807) is 30.3 Å². The molecular weight excluding hydrogens is 426 g/mol. The molecule has 0 aliphatic rings. The van der Waals surface area contributed by atoms with Gasteiger partial charge in [0.2, 0.25) is 0 Å². The van der Waals surface area contributed by atoms with E-state index in [0.29, 0.717) is 17.0 Å². The Bertz CT molecular complexity index is 1290. The Hall–Kier alpha value is -4.37. The first-order chi connectivity index (χ1) is 16.3. The molecule has 3 aromatic carbocycles. The third-order valence-electron chi connectivity index (χ3n) is 5.66. The molecule has 2 amide bonds. The molecule has 0 aliphatic carbocycles. The van der Waals surface area contributed by atoms with E-state index in [9.17, 15) is 14.9 Å². The Kier molecular flexibility index (Phi) is 7.83. The van der Waals surface area contributed by atoms with E-state index in [1.165, 1.54) is 6.08 Å². The second-order valence-corrected chi connectivity index (χ2v) is 8.02. The number of rotatable bonds is 7. The molecule has 2 N–H and O–H groups in total. The van der Waals surface area contributed by atoms with Crippen LogP contribution in [0.1, 0.15) is 27.8 Å². The van der Waals surface area contributed by atoms with Crippen LogP contribution >= 0.6 is 0 Å². The highest BCUT2D eigenvalue weighted by Crippen LogP contribution is 2.20. The minimum Gasteiger partial charge on any atom is -0.484 e. The van der Waals surface area contributed by atoms with Crippen LogP contribution in [0.15, 0.2) is 66.2 Å². The van der Waals surface area contributed by atoms with Gasteiger partial charge in [0, 0.05) is 11.4 Å². The van der Waals surface area contributed by atoms with Crippen molar-refractivity contribution in [1.82, 2.24) is 0 Å². The Balaban J connectivity index is 1.60. The number of aryl methyl sites for hydroxylation is 2. The molecule has 6 heteroatoms. The van der Waals surface area contributed by atoms with Gasteiger partial charge in [-0.1, -0.05) is 36.4 Å². The zero-order valence-electron chi connectivity index (χ0n) is 19.7. The van der Waals surface area contributed by atoms with Crippen LogP contribution in [-0.4, -0.2) is 18.4 Å². The zero-order valence-corrected chi connectivity index (χ0v) is 19.7. The smallest absolute Gasteiger partial charge is 0.266 e. The summed E-state index contributed by atoms with van der Waals surface area (Å²) >= 11 is 0. The van der Waals surface area contributed by atoms with Crippen molar-refractivity contribution >= 4 is 29.3 Å². The number of carbonyl (C=O) groups excluding carboxylic acids is 2. The van der Waals surface area contributed by atoms with E-state index >= 15 is 0 Å². The number of carbonyl (C=O) groups is 2. The predicted octanol–water partition coefficient (Wildman–Crippen LogP) is 5.48. The molecule has 0 atom stereocenters. The first kappa shape index (κ1) is 24.3. The molecule has 0 fully saturated rings. The van der Waals surface area contributed by atoms with Gasteiger partial charge in [0.05, 0.1) is 0 Å². The topological polar surface area (TPSA) is 91.2 Å². The molecule has 172 valence electrons. The maximum atomic E-state index is 12.6. The van der Waals surface area contributed by atoms with Crippen molar-refractivity contribution in [3.05, 3.63) is 94.1 Å². The minimum atomic E-state index is -0.473. The second kappa shape index (κ2) is 11.0. The molecule has 0 spiro atoms. The number of hydrogen-bond acceptors (Lipinski definition) is 4. The highest BCUT2D eigenvalue weighted by molar-refractivity contribution is 6.10. The van der Waals surface area contributed by atoms with Crippen molar-refractivity contribution in [3.63, 3.8) is 0 Å². The van der Waals surface area contributed by atoms with Crippen LogP contribution in [0.3, 0.4) is 0 Å². The van der Waals surface area contributed by atoms with Gasteiger partial charge < -0.3 is 15.4 Å². The van der Waals surface area contributed by atoms with Crippen LogP contribution in [0.5, 0.6) is 5.75 Å². The molecule has 0 heterocycles.